The minimum absolute atomic E-state index is 0.177. The largest absolute Gasteiger partial charge is 0.449 e. The zero-order valence-corrected chi connectivity index (χ0v) is 19.4. The van der Waals surface area contributed by atoms with Gasteiger partial charge in [0, 0.05) is 34.8 Å². The van der Waals surface area contributed by atoms with Crippen LogP contribution in [0.3, 0.4) is 0 Å². The Labute approximate surface area is 199 Å². The summed E-state index contributed by atoms with van der Waals surface area (Å²) in [5.74, 6) is -0.0825. The summed E-state index contributed by atoms with van der Waals surface area (Å²) >= 11 is 2.99. The van der Waals surface area contributed by atoms with Gasteiger partial charge in [-0.25, -0.2) is 4.79 Å². The Morgan fingerprint density at radius 3 is 2.91 bits per heavy atom. The fourth-order valence-corrected chi connectivity index (χ4v) is 5.55. The summed E-state index contributed by atoms with van der Waals surface area (Å²) in [5, 5.41) is 17.8. The van der Waals surface area contributed by atoms with Gasteiger partial charge in [-0.2, -0.15) is 5.26 Å². The van der Waals surface area contributed by atoms with Gasteiger partial charge in [0.05, 0.1) is 12.2 Å². The van der Waals surface area contributed by atoms with Gasteiger partial charge in [-0.05, 0) is 66.0 Å². The van der Waals surface area contributed by atoms with Crippen molar-refractivity contribution in [3.8, 4) is 6.07 Å². The van der Waals surface area contributed by atoms with Crippen LogP contribution in [0, 0.1) is 17.2 Å². The van der Waals surface area contributed by atoms with Crippen LogP contribution >= 0.6 is 22.7 Å². The maximum absolute atomic E-state index is 12.3. The van der Waals surface area contributed by atoms with Crippen LogP contribution in [0.25, 0.3) is 6.08 Å². The number of nitrogens with one attached hydrogen (secondary N) is 2. The number of anilines is 1. The predicted octanol–water partition coefficient (Wildman–Crippen LogP) is 4.76. The second-order valence-electron chi connectivity index (χ2n) is 7.57. The van der Waals surface area contributed by atoms with E-state index in [0.29, 0.717) is 30.1 Å². The number of fused-ring (bicyclic) bond motifs is 1. The minimum Gasteiger partial charge on any atom is -0.449 e. The lowest BCUT2D eigenvalue weighted by Crippen LogP contribution is -2.27. The van der Waals surface area contributed by atoms with Crippen LogP contribution in [0.5, 0.6) is 0 Å². The van der Waals surface area contributed by atoms with E-state index in [-0.39, 0.29) is 11.8 Å². The molecule has 1 aliphatic rings. The van der Waals surface area contributed by atoms with E-state index in [2.05, 4.69) is 21.7 Å². The minimum atomic E-state index is -0.452. The fraction of sp³-hybridized carbons (Fsp3) is 0.250. The molecule has 0 spiro atoms. The number of hydrogen-bond donors (Lipinski definition) is 2. The molecule has 0 radical (unpaired) electrons. The first-order valence-electron chi connectivity index (χ1n) is 10.5. The smallest absolute Gasteiger partial charge is 0.407 e. The summed E-state index contributed by atoms with van der Waals surface area (Å²) in [5.41, 5.74) is 2.49. The Morgan fingerprint density at radius 2 is 2.15 bits per heavy atom. The molecule has 3 aromatic rings. The van der Waals surface area contributed by atoms with E-state index in [1.54, 1.807) is 29.8 Å². The number of aromatic nitrogens is 1. The Morgan fingerprint density at radius 1 is 1.30 bits per heavy atom. The number of rotatable bonds is 7. The van der Waals surface area contributed by atoms with Gasteiger partial charge in [-0.15, -0.1) is 22.7 Å². The van der Waals surface area contributed by atoms with E-state index < -0.39 is 6.09 Å². The lowest BCUT2D eigenvalue weighted by molar-refractivity contribution is -0.111. The van der Waals surface area contributed by atoms with E-state index >= 15 is 0 Å². The molecule has 0 bridgehead atoms. The molecule has 0 aliphatic heterocycles. The molecule has 1 unspecified atom stereocenters. The quantitative estimate of drug-likeness (QED) is 0.477. The number of carbonyl (C=O) groups is 2. The average Bonchev–Trinajstić information content (AvgIpc) is 3.47. The summed E-state index contributed by atoms with van der Waals surface area (Å²) in [6.45, 7) is 0.698. The molecule has 1 atom stereocenters. The van der Waals surface area contributed by atoms with Crippen molar-refractivity contribution < 1.29 is 14.3 Å². The van der Waals surface area contributed by atoms with E-state index in [1.807, 2.05) is 29.6 Å². The van der Waals surface area contributed by atoms with Gasteiger partial charge in [0.1, 0.15) is 11.1 Å². The van der Waals surface area contributed by atoms with Gasteiger partial charge in [0.25, 0.3) is 0 Å². The second-order valence-corrected chi connectivity index (χ2v) is 9.66. The molecule has 0 saturated heterocycles. The highest BCUT2D eigenvalue weighted by atomic mass is 32.1. The second kappa shape index (κ2) is 10.9. The molecule has 7 nitrogen and oxygen atoms in total. The lowest BCUT2D eigenvalue weighted by atomic mass is 9.88. The summed E-state index contributed by atoms with van der Waals surface area (Å²) in [6.07, 6.45) is 8.40. The maximum Gasteiger partial charge on any atom is 0.407 e. The summed E-state index contributed by atoms with van der Waals surface area (Å²) in [7, 11) is 0. The molecule has 168 valence electrons. The molecule has 0 fully saturated rings. The third kappa shape index (κ3) is 6.06. The van der Waals surface area contributed by atoms with E-state index in [9.17, 15) is 14.9 Å². The molecular weight excluding hydrogens is 456 g/mol. The number of alkyl carbamates (subject to hydrolysis) is 1. The maximum atomic E-state index is 12.3. The van der Waals surface area contributed by atoms with Crippen molar-refractivity contribution in [2.45, 2.75) is 25.8 Å². The van der Waals surface area contributed by atoms with Crippen LogP contribution in [0.2, 0.25) is 0 Å². The average molecular weight is 479 g/mol. The number of carbonyl (C=O) groups excluding carboxylic acids is 2. The molecule has 2 amide bonds. The third-order valence-electron chi connectivity index (χ3n) is 5.29. The Hall–Kier alpha value is -3.48. The molecule has 0 aromatic carbocycles. The normalized spacial score (nSPS) is 14.9. The van der Waals surface area contributed by atoms with Gasteiger partial charge in [0.15, 0.2) is 0 Å². The fourth-order valence-electron chi connectivity index (χ4n) is 3.62. The lowest BCUT2D eigenvalue weighted by Gasteiger charge is -2.21. The van der Waals surface area contributed by atoms with Crippen molar-refractivity contribution in [3.63, 3.8) is 0 Å². The first-order chi connectivity index (χ1) is 16.1. The third-order valence-corrected chi connectivity index (χ3v) is 7.30. The number of pyridine rings is 1. The van der Waals surface area contributed by atoms with Gasteiger partial charge >= 0.3 is 6.09 Å². The first-order valence-corrected chi connectivity index (χ1v) is 12.2. The molecule has 0 saturated carbocycles. The van der Waals surface area contributed by atoms with Gasteiger partial charge in [-0.3, -0.25) is 9.78 Å². The number of nitrogens with zero attached hydrogens (tertiary/aromatic N) is 2. The highest BCUT2D eigenvalue weighted by molar-refractivity contribution is 7.16. The number of amides is 2. The summed E-state index contributed by atoms with van der Waals surface area (Å²) in [4.78, 5) is 30.4. The van der Waals surface area contributed by atoms with Gasteiger partial charge < -0.3 is 15.4 Å². The Kier molecular flexibility index (Phi) is 7.50. The molecule has 3 aromatic heterocycles. The standard InChI is InChI=1S/C24H22N4O3S2/c25-13-20-19-5-3-17(15-31-24(30)27-14-16-7-9-26-10-8-16)12-21(19)33-23(20)28-22(29)6-4-18-2-1-11-32-18/h1-2,4,6-11,17H,3,5,12,14-15H2,(H,27,30)(H,28,29). The van der Waals surface area contributed by atoms with E-state index in [0.717, 1.165) is 33.7 Å². The van der Waals surface area contributed by atoms with Crippen LogP contribution in [0.1, 0.15) is 32.9 Å². The zero-order valence-electron chi connectivity index (χ0n) is 17.7. The van der Waals surface area contributed by atoms with Crippen molar-refractivity contribution in [1.82, 2.24) is 10.3 Å². The number of ether oxygens (including phenoxy) is 1. The van der Waals surface area contributed by atoms with Gasteiger partial charge in [-0.1, -0.05) is 6.07 Å². The number of hydrogen-bond acceptors (Lipinski definition) is 7. The highest BCUT2D eigenvalue weighted by Crippen LogP contribution is 2.39. The zero-order chi connectivity index (χ0) is 23.0. The first kappa shape index (κ1) is 22.7. The predicted molar refractivity (Wildman–Crippen MR) is 129 cm³/mol. The van der Waals surface area contributed by atoms with Crippen molar-refractivity contribution >= 4 is 45.8 Å². The Balaban J connectivity index is 1.31. The van der Waals surface area contributed by atoms with Crippen molar-refractivity contribution in [2.75, 3.05) is 11.9 Å². The SMILES string of the molecule is N#Cc1c(NC(=O)C=Cc2cccs2)sc2c1CCC(COC(=O)NCc1ccncc1)C2. The molecule has 9 heteroatoms. The van der Waals surface area contributed by atoms with Crippen LogP contribution in [0.4, 0.5) is 9.80 Å². The highest BCUT2D eigenvalue weighted by Gasteiger charge is 2.27. The summed E-state index contributed by atoms with van der Waals surface area (Å²) in [6, 6.07) is 9.77. The van der Waals surface area contributed by atoms with E-state index in [1.165, 1.54) is 17.4 Å². The molecule has 4 rings (SSSR count). The van der Waals surface area contributed by atoms with Crippen molar-refractivity contribution in [2.24, 2.45) is 5.92 Å². The molecule has 33 heavy (non-hydrogen) atoms. The number of thiophene rings is 2. The molecular formula is C24H22N4O3S2. The van der Waals surface area contributed by atoms with Crippen molar-refractivity contribution in [1.29, 1.82) is 5.26 Å². The van der Waals surface area contributed by atoms with Crippen LogP contribution in [-0.4, -0.2) is 23.6 Å². The molecule has 2 N–H and O–H groups in total. The van der Waals surface area contributed by atoms with E-state index in [4.69, 9.17) is 4.74 Å². The van der Waals surface area contributed by atoms with Crippen molar-refractivity contribution in [3.05, 3.63) is 74.6 Å². The monoisotopic (exact) mass is 478 g/mol. The topological polar surface area (TPSA) is 104 Å². The number of nitriles is 1. The van der Waals surface area contributed by atoms with Crippen LogP contribution in [-0.2, 0) is 28.9 Å². The molecule has 1 aliphatic carbocycles. The van der Waals surface area contributed by atoms with Crippen LogP contribution < -0.4 is 10.6 Å². The summed E-state index contributed by atoms with van der Waals surface area (Å²) < 4.78 is 5.41. The van der Waals surface area contributed by atoms with Gasteiger partial charge in [0.2, 0.25) is 5.91 Å². The van der Waals surface area contributed by atoms with Crippen LogP contribution in [0.15, 0.2) is 48.1 Å². The molecule has 3 heterocycles. The Bertz CT molecular complexity index is 1180.